The molecule has 0 heterocycles. The van der Waals surface area contributed by atoms with Crippen LogP contribution in [0.15, 0.2) is 4.99 Å². The standard InChI is InChI=1S/C9H18FNO2/c1-8(2,3)13-7(12)11-9(4,5)6-10/h6H2,1-5H3,(H,11,12)/p-1. The summed E-state index contributed by atoms with van der Waals surface area (Å²) in [6.45, 7) is 7.62. The smallest absolute Gasteiger partial charge is 0.146 e. The molecule has 0 amide bonds. The van der Waals surface area contributed by atoms with Gasteiger partial charge in [-0.1, -0.05) is 20.8 Å². The second kappa shape index (κ2) is 3.94. The van der Waals surface area contributed by atoms with Crippen LogP contribution in [0.3, 0.4) is 0 Å². The molecule has 4 heteroatoms. The van der Waals surface area contributed by atoms with Crippen LogP contribution in [0.25, 0.3) is 0 Å². The average molecular weight is 190 g/mol. The van der Waals surface area contributed by atoms with Crippen molar-refractivity contribution in [3.8, 4) is 0 Å². The van der Waals surface area contributed by atoms with Crippen molar-refractivity contribution in [1.29, 1.82) is 0 Å². The van der Waals surface area contributed by atoms with E-state index >= 15 is 0 Å². The van der Waals surface area contributed by atoms with E-state index in [-0.39, 0.29) is 0 Å². The number of aliphatic imine (C=N–C) groups is 1. The Hall–Kier alpha value is -0.800. The quantitative estimate of drug-likeness (QED) is 0.486. The fourth-order valence-corrected chi connectivity index (χ4v) is 0.562. The maximum absolute atomic E-state index is 12.3. The molecule has 0 rings (SSSR count). The summed E-state index contributed by atoms with van der Waals surface area (Å²) in [5.41, 5.74) is -1.56. The molecular formula is C9H17FNO2-. The lowest BCUT2D eigenvalue weighted by Crippen LogP contribution is -2.35. The molecule has 0 spiro atoms. The van der Waals surface area contributed by atoms with Crippen molar-refractivity contribution < 1.29 is 14.2 Å². The van der Waals surface area contributed by atoms with Crippen LogP contribution in [0.4, 0.5) is 4.39 Å². The van der Waals surface area contributed by atoms with Gasteiger partial charge >= 0.3 is 0 Å². The molecule has 0 N–H and O–H groups in total. The Morgan fingerprint density at radius 3 is 2.08 bits per heavy atom. The van der Waals surface area contributed by atoms with Crippen molar-refractivity contribution in [3.63, 3.8) is 0 Å². The van der Waals surface area contributed by atoms with Crippen molar-refractivity contribution in [2.45, 2.75) is 45.8 Å². The number of hydrogen-bond donors (Lipinski definition) is 0. The van der Waals surface area contributed by atoms with Gasteiger partial charge in [0.1, 0.15) is 12.8 Å². The first-order valence-corrected chi connectivity index (χ1v) is 4.18. The maximum atomic E-state index is 12.3. The van der Waals surface area contributed by atoms with E-state index in [9.17, 15) is 9.50 Å². The number of halogens is 1. The fraction of sp³-hybridized carbons (Fsp3) is 0.889. The van der Waals surface area contributed by atoms with E-state index in [4.69, 9.17) is 4.74 Å². The van der Waals surface area contributed by atoms with Crippen molar-refractivity contribution in [2.75, 3.05) is 6.67 Å². The first-order valence-electron chi connectivity index (χ1n) is 4.18. The summed E-state index contributed by atoms with van der Waals surface area (Å²) in [6, 6.07) is 0. The number of nitrogens with zero attached hydrogens (tertiary/aromatic N) is 1. The van der Waals surface area contributed by atoms with E-state index in [0.717, 1.165) is 0 Å². The van der Waals surface area contributed by atoms with Crippen LogP contribution in [-0.2, 0) is 4.74 Å². The maximum Gasteiger partial charge on any atom is 0.146 e. The summed E-state index contributed by atoms with van der Waals surface area (Å²) in [6.07, 6.45) is -0.713. The highest BCUT2D eigenvalue weighted by atomic mass is 19.1. The molecule has 0 aromatic heterocycles. The summed E-state index contributed by atoms with van der Waals surface area (Å²) >= 11 is 0. The molecule has 0 fully saturated rings. The lowest BCUT2D eigenvalue weighted by molar-refractivity contribution is -0.261. The first kappa shape index (κ1) is 12.2. The zero-order chi connectivity index (χ0) is 10.7. The van der Waals surface area contributed by atoms with Gasteiger partial charge in [0.15, 0.2) is 0 Å². The van der Waals surface area contributed by atoms with Crippen LogP contribution >= 0.6 is 0 Å². The molecule has 0 unspecified atom stereocenters. The Balaban J connectivity index is 4.34. The van der Waals surface area contributed by atoms with Gasteiger partial charge in [-0.2, -0.15) is 0 Å². The van der Waals surface area contributed by atoms with Crippen LogP contribution in [0, 0.1) is 0 Å². The highest BCUT2D eigenvalue weighted by molar-refractivity contribution is 5.62. The molecule has 3 nitrogen and oxygen atoms in total. The third kappa shape index (κ3) is 6.37. The summed E-state index contributed by atoms with van der Waals surface area (Å²) in [7, 11) is 0. The molecule has 0 aliphatic heterocycles. The van der Waals surface area contributed by atoms with E-state index in [2.05, 4.69) is 4.99 Å². The van der Waals surface area contributed by atoms with E-state index in [1.807, 2.05) is 0 Å². The van der Waals surface area contributed by atoms with Crippen LogP contribution in [0.5, 0.6) is 0 Å². The molecule has 78 valence electrons. The van der Waals surface area contributed by atoms with E-state index in [1.165, 1.54) is 13.8 Å². The third-order valence-electron chi connectivity index (χ3n) is 1.11. The van der Waals surface area contributed by atoms with Gasteiger partial charge in [0, 0.05) is 5.60 Å². The molecular weight excluding hydrogens is 173 g/mol. The van der Waals surface area contributed by atoms with Gasteiger partial charge in [0.2, 0.25) is 0 Å². The summed E-state index contributed by atoms with van der Waals surface area (Å²) in [5.74, 6) is 0. The lowest BCUT2D eigenvalue weighted by Gasteiger charge is -2.31. The van der Waals surface area contributed by atoms with Crippen LogP contribution < -0.4 is 5.11 Å². The van der Waals surface area contributed by atoms with Gasteiger partial charge in [-0.15, -0.1) is 0 Å². The van der Waals surface area contributed by atoms with Gasteiger partial charge in [-0.25, -0.2) is 4.39 Å². The van der Waals surface area contributed by atoms with Gasteiger partial charge in [-0.3, -0.25) is 4.99 Å². The van der Waals surface area contributed by atoms with Crippen LogP contribution in [0.2, 0.25) is 0 Å². The highest BCUT2D eigenvalue weighted by Gasteiger charge is 2.16. The van der Waals surface area contributed by atoms with E-state index < -0.39 is 23.9 Å². The third-order valence-corrected chi connectivity index (χ3v) is 1.11. The predicted molar refractivity (Wildman–Crippen MR) is 48.3 cm³/mol. The Morgan fingerprint density at radius 1 is 1.31 bits per heavy atom. The largest absolute Gasteiger partial charge is 0.595 e. The number of rotatable bonds is 2. The zero-order valence-corrected chi connectivity index (χ0v) is 8.85. The van der Waals surface area contributed by atoms with E-state index in [1.54, 1.807) is 20.8 Å². The topological polar surface area (TPSA) is 44.7 Å². The van der Waals surface area contributed by atoms with E-state index in [0.29, 0.717) is 0 Å². The van der Waals surface area contributed by atoms with Crippen molar-refractivity contribution in [1.82, 2.24) is 0 Å². The molecule has 13 heavy (non-hydrogen) atoms. The molecule has 0 bridgehead atoms. The molecule has 0 aromatic carbocycles. The van der Waals surface area contributed by atoms with Gasteiger partial charge in [-0.05, 0) is 13.8 Å². The summed E-state index contributed by atoms with van der Waals surface area (Å²) in [4.78, 5) is 3.58. The number of ether oxygens (including phenoxy) is 1. The summed E-state index contributed by atoms with van der Waals surface area (Å²) in [5, 5.41) is 11.1. The number of hydrogen-bond acceptors (Lipinski definition) is 3. The van der Waals surface area contributed by atoms with Gasteiger partial charge in [0.05, 0.1) is 5.54 Å². The minimum absolute atomic E-state index is 0.576. The number of alkyl halides is 1. The minimum Gasteiger partial charge on any atom is -0.595 e. The Morgan fingerprint density at radius 2 is 1.77 bits per heavy atom. The molecule has 0 atom stereocenters. The monoisotopic (exact) mass is 190 g/mol. The van der Waals surface area contributed by atoms with Crippen molar-refractivity contribution >= 4 is 6.08 Å². The van der Waals surface area contributed by atoms with Crippen molar-refractivity contribution in [3.05, 3.63) is 0 Å². The molecule has 0 radical (unpaired) electrons. The second-order valence-electron chi connectivity index (χ2n) is 4.54. The highest BCUT2D eigenvalue weighted by Crippen LogP contribution is 2.11. The fourth-order valence-electron chi connectivity index (χ4n) is 0.562. The zero-order valence-electron chi connectivity index (χ0n) is 8.85. The SMILES string of the molecule is CC(C)(CF)N=C([O-])OC(C)(C)C. The molecule has 0 aliphatic carbocycles. The average Bonchev–Trinajstić information content (AvgIpc) is 1.81. The Labute approximate surface area is 78.6 Å². The normalized spacial score (nSPS) is 14.5. The molecule has 0 aromatic rings. The molecule has 0 aliphatic rings. The summed E-state index contributed by atoms with van der Waals surface area (Å²) < 4.78 is 17.2. The minimum atomic E-state index is -0.984. The predicted octanol–water partition coefficient (Wildman–Crippen LogP) is 1.27. The van der Waals surface area contributed by atoms with Crippen LogP contribution in [-0.4, -0.2) is 23.9 Å². The lowest BCUT2D eigenvalue weighted by atomic mass is 10.1. The molecule has 0 saturated heterocycles. The second-order valence-corrected chi connectivity index (χ2v) is 4.54. The van der Waals surface area contributed by atoms with Gasteiger partial charge in [0.25, 0.3) is 0 Å². The first-order chi connectivity index (χ1) is 5.66. The Kier molecular flexibility index (Phi) is 3.70. The van der Waals surface area contributed by atoms with Crippen LogP contribution in [0.1, 0.15) is 34.6 Å². The molecule has 0 saturated carbocycles. The van der Waals surface area contributed by atoms with Crippen molar-refractivity contribution in [2.24, 2.45) is 4.99 Å². The van der Waals surface area contributed by atoms with Gasteiger partial charge < -0.3 is 9.84 Å². The Bertz CT molecular complexity index is 194.